The summed E-state index contributed by atoms with van der Waals surface area (Å²) in [6, 6.07) is 19.7. The second kappa shape index (κ2) is 8.34. The Labute approximate surface area is 196 Å². The van der Waals surface area contributed by atoms with E-state index in [2.05, 4.69) is 9.97 Å². The molecule has 0 spiro atoms. The Bertz CT molecular complexity index is 1500. The maximum absolute atomic E-state index is 11.7. The van der Waals surface area contributed by atoms with Crippen LogP contribution < -0.4 is 4.74 Å². The molecule has 3 N–H and O–H groups in total. The van der Waals surface area contributed by atoms with E-state index in [-0.39, 0.29) is 6.42 Å². The van der Waals surface area contributed by atoms with E-state index in [4.69, 9.17) is 16.3 Å². The van der Waals surface area contributed by atoms with Gasteiger partial charge in [0.05, 0.1) is 13.5 Å². The van der Waals surface area contributed by atoms with Gasteiger partial charge in [-0.2, -0.15) is 0 Å². The number of aromatic amines is 2. The van der Waals surface area contributed by atoms with Crippen molar-refractivity contribution in [3.8, 4) is 16.9 Å². The zero-order chi connectivity index (χ0) is 23.1. The van der Waals surface area contributed by atoms with E-state index >= 15 is 0 Å². The number of aromatic nitrogens is 2. The monoisotopic (exact) mass is 458 g/mol. The van der Waals surface area contributed by atoms with Crippen molar-refractivity contribution < 1.29 is 14.6 Å². The average Bonchev–Trinajstić information content (AvgIpc) is 3.31. The molecule has 5 nitrogen and oxygen atoms in total. The average molecular weight is 459 g/mol. The summed E-state index contributed by atoms with van der Waals surface area (Å²) in [4.78, 5) is 18.5. The molecule has 6 heteroatoms. The van der Waals surface area contributed by atoms with Crippen LogP contribution in [0.1, 0.15) is 22.5 Å². The molecule has 0 radical (unpaired) electrons. The Hall–Kier alpha value is -3.70. The van der Waals surface area contributed by atoms with Gasteiger partial charge in [0.2, 0.25) is 0 Å². The number of carboxylic acids is 1. The lowest BCUT2D eigenvalue weighted by atomic mass is 9.92. The third-order valence-electron chi connectivity index (χ3n) is 6.09. The molecule has 0 saturated carbocycles. The summed E-state index contributed by atoms with van der Waals surface area (Å²) in [5.41, 5.74) is 7.64. The minimum absolute atomic E-state index is 0.0907. The summed E-state index contributed by atoms with van der Waals surface area (Å²) >= 11 is 6.10. The second-order valence-electron chi connectivity index (χ2n) is 8.19. The van der Waals surface area contributed by atoms with Gasteiger partial charge in [-0.25, -0.2) is 0 Å². The predicted octanol–water partition coefficient (Wildman–Crippen LogP) is 6.50. The summed E-state index contributed by atoms with van der Waals surface area (Å²) < 4.78 is 5.77. The van der Waals surface area contributed by atoms with Gasteiger partial charge in [-0.05, 0) is 42.8 Å². The lowest BCUT2D eigenvalue weighted by Gasteiger charge is -2.13. The van der Waals surface area contributed by atoms with Crippen molar-refractivity contribution in [3.63, 3.8) is 0 Å². The van der Waals surface area contributed by atoms with Gasteiger partial charge in [0.25, 0.3) is 0 Å². The number of nitrogens with one attached hydrogen (secondary N) is 2. The van der Waals surface area contributed by atoms with Gasteiger partial charge in [0.15, 0.2) is 0 Å². The van der Waals surface area contributed by atoms with Crippen LogP contribution in [0.2, 0.25) is 5.02 Å². The van der Waals surface area contributed by atoms with Crippen molar-refractivity contribution >= 4 is 39.4 Å². The largest absolute Gasteiger partial charge is 0.496 e. The number of fused-ring (bicyclic) bond motifs is 2. The molecule has 0 atom stereocenters. The Morgan fingerprint density at radius 1 is 0.970 bits per heavy atom. The van der Waals surface area contributed by atoms with Crippen LogP contribution in [-0.2, 0) is 17.6 Å². The van der Waals surface area contributed by atoms with Gasteiger partial charge in [-0.15, -0.1) is 0 Å². The highest BCUT2D eigenvalue weighted by Crippen LogP contribution is 2.43. The number of carboxylic acid groups (broad SMARTS) is 1. The minimum Gasteiger partial charge on any atom is -0.496 e. The number of hydrogen-bond donors (Lipinski definition) is 3. The summed E-state index contributed by atoms with van der Waals surface area (Å²) in [6.07, 6.45) is 0.561. The number of carbonyl (C=O) groups is 1. The number of aryl methyl sites for hydroxylation is 1. The molecule has 2 aromatic heterocycles. The maximum Gasteiger partial charge on any atom is 0.309 e. The summed E-state index contributed by atoms with van der Waals surface area (Å²) in [5.74, 6) is -0.0865. The fourth-order valence-corrected chi connectivity index (χ4v) is 4.85. The van der Waals surface area contributed by atoms with E-state index in [0.29, 0.717) is 17.1 Å². The van der Waals surface area contributed by atoms with Gasteiger partial charge >= 0.3 is 5.97 Å². The first-order valence-corrected chi connectivity index (χ1v) is 11.1. The molecule has 33 heavy (non-hydrogen) atoms. The van der Waals surface area contributed by atoms with Crippen molar-refractivity contribution in [2.45, 2.75) is 19.8 Å². The summed E-state index contributed by atoms with van der Waals surface area (Å²) in [6.45, 7) is 2.03. The topological polar surface area (TPSA) is 78.1 Å². The lowest BCUT2D eigenvalue weighted by Crippen LogP contribution is -2.02. The molecule has 0 unspecified atom stereocenters. The van der Waals surface area contributed by atoms with Gasteiger partial charge in [-0.1, -0.05) is 41.9 Å². The highest BCUT2D eigenvalue weighted by molar-refractivity contribution is 6.30. The van der Waals surface area contributed by atoms with E-state index in [1.165, 1.54) is 0 Å². The van der Waals surface area contributed by atoms with Crippen molar-refractivity contribution in [3.05, 3.63) is 88.2 Å². The standard InChI is InChI=1S/C27H23ClN2O3/c1-15-25(26-18-5-3-4-6-20(18)30-22(26)14-24(31)32)27-19(13-16-7-9-17(28)10-8-16)23(33-2)12-11-21(27)29-15/h3-12,29-30H,13-14H2,1-2H3,(H,31,32). The molecular weight excluding hydrogens is 436 g/mol. The zero-order valence-corrected chi connectivity index (χ0v) is 19.1. The molecule has 5 rings (SSSR count). The van der Waals surface area contributed by atoms with Gasteiger partial charge in [-0.3, -0.25) is 4.79 Å². The number of benzene rings is 3. The molecule has 0 aliphatic rings. The normalized spacial score (nSPS) is 11.4. The molecule has 0 fully saturated rings. The maximum atomic E-state index is 11.7. The fourth-order valence-electron chi connectivity index (χ4n) is 4.72. The van der Waals surface area contributed by atoms with E-state index in [1.54, 1.807) is 7.11 Å². The number of rotatable bonds is 6. The molecular formula is C27H23ClN2O3. The van der Waals surface area contributed by atoms with E-state index in [1.807, 2.05) is 67.6 Å². The van der Waals surface area contributed by atoms with Crippen LogP contribution in [0.15, 0.2) is 60.7 Å². The first-order valence-electron chi connectivity index (χ1n) is 10.7. The number of halogens is 1. The smallest absolute Gasteiger partial charge is 0.309 e. The van der Waals surface area contributed by atoms with Gasteiger partial charge in [0, 0.05) is 61.3 Å². The fraction of sp³-hybridized carbons (Fsp3) is 0.148. The molecule has 0 amide bonds. The highest BCUT2D eigenvalue weighted by atomic mass is 35.5. The first kappa shape index (κ1) is 21.2. The minimum atomic E-state index is -0.876. The Morgan fingerprint density at radius 3 is 2.45 bits per heavy atom. The second-order valence-corrected chi connectivity index (χ2v) is 8.63. The Balaban J connectivity index is 1.82. The molecule has 2 heterocycles. The predicted molar refractivity (Wildman–Crippen MR) is 132 cm³/mol. The van der Waals surface area contributed by atoms with Crippen molar-refractivity contribution in [1.29, 1.82) is 0 Å². The molecule has 3 aromatic carbocycles. The first-order chi connectivity index (χ1) is 16.0. The Kier molecular flexibility index (Phi) is 5.35. The van der Waals surface area contributed by atoms with E-state index in [0.717, 1.165) is 55.5 Å². The number of ether oxygens (including phenoxy) is 1. The van der Waals surface area contributed by atoms with Crippen LogP contribution in [0, 0.1) is 6.92 Å². The van der Waals surface area contributed by atoms with Crippen molar-refractivity contribution in [2.24, 2.45) is 0 Å². The third kappa shape index (κ3) is 3.74. The molecule has 0 aliphatic carbocycles. The number of para-hydroxylation sites is 1. The van der Waals surface area contributed by atoms with Crippen LogP contribution >= 0.6 is 11.6 Å². The summed E-state index contributed by atoms with van der Waals surface area (Å²) in [5, 5.41) is 12.3. The number of aliphatic carboxylic acids is 1. The van der Waals surface area contributed by atoms with Crippen LogP contribution in [0.5, 0.6) is 5.75 Å². The SMILES string of the molecule is COc1ccc2[nH]c(C)c(-c3c(CC(=O)O)[nH]c4ccccc34)c2c1Cc1ccc(Cl)cc1. The van der Waals surface area contributed by atoms with Crippen molar-refractivity contribution in [1.82, 2.24) is 9.97 Å². The lowest BCUT2D eigenvalue weighted by molar-refractivity contribution is -0.136. The molecule has 5 aromatic rings. The molecule has 166 valence electrons. The molecule has 0 aliphatic heterocycles. The van der Waals surface area contributed by atoms with Crippen LogP contribution in [0.3, 0.4) is 0 Å². The number of hydrogen-bond acceptors (Lipinski definition) is 2. The van der Waals surface area contributed by atoms with Crippen LogP contribution in [-0.4, -0.2) is 28.2 Å². The quantitative estimate of drug-likeness (QED) is 0.271. The number of methoxy groups -OCH3 is 1. The van der Waals surface area contributed by atoms with E-state index < -0.39 is 5.97 Å². The highest BCUT2D eigenvalue weighted by Gasteiger charge is 2.23. The van der Waals surface area contributed by atoms with Crippen LogP contribution in [0.25, 0.3) is 32.9 Å². The van der Waals surface area contributed by atoms with Gasteiger partial charge in [0.1, 0.15) is 5.75 Å². The number of H-pyrrole nitrogens is 2. The molecule has 0 saturated heterocycles. The van der Waals surface area contributed by atoms with E-state index in [9.17, 15) is 9.90 Å². The molecule has 0 bridgehead atoms. The third-order valence-corrected chi connectivity index (χ3v) is 6.34. The summed E-state index contributed by atoms with van der Waals surface area (Å²) in [7, 11) is 1.67. The van der Waals surface area contributed by atoms with Crippen LogP contribution in [0.4, 0.5) is 0 Å². The van der Waals surface area contributed by atoms with Gasteiger partial charge < -0.3 is 19.8 Å². The van der Waals surface area contributed by atoms with Crippen molar-refractivity contribution in [2.75, 3.05) is 7.11 Å². The zero-order valence-electron chi connectivity index (χ0n) is 18.3. The Morgan fingerprint density at radius 2 is 1.73 bits per heavy atom.